The maximum absolute atomic E-state index is 11.4. The van der Waals surface area contributed by atoms with Gasteiger partial charge in [-0.25, -0.2) is 0 Å². The largest absolute Gasteiger partial charge is 0.296 e. The number of amides is 2. The van der Waals surface area contributed by atoms with E-state index in [1.807, 2.05) is 0 Å². The Labute approximate surface area is 139 Å². The van der Waals surface area contributed by atoms with Gasteiger partial charge in [-0.05, 0) is 24.8 Å². The first-order valence-corrected chi connectivity index (χ1v) is 9.13. The van der Waals surface area contributed by atoms with E-state index in [2.05, 4.69) is 35.6 Å². The maximum Gasteiger partial charge on any atom is 0.230 e. The monoisotopic (exact) mass is 315 g/mol. The van der Waals surface area contributed by atoms with Crippen molar-refractivity contribution in [3.05, 3.63) is 35.9 Å². The van der Waals surface area contributed by atoms with Gasteiger partial charge in [0, 0.05) is 12.3 Å². The van der Waals surface area contributed by atoms with E-state index in [0.717, 1.165) is 12.8 Å². The fraction of sp³-hybridized carbons (Fsp3) is 0.600. The fourth-order valence-corrected chi connectivity index (χ4v) is 3.27. The Morgan fingerprint density at radius 2 is 1.43 bits per heavy atom. The van der Waals surface area contributed by atoms with Crippen LogP contribution in [0.2, 0.25) is 0 Å². The van der Waals surface area contributed by atoms with Crippen LogP contribution >= 0.6 is 0 Å². The van der Waals surface area contributed by atoms with Crippen molar-refractivity contribution in [2.24, 2.45) is 5.92 Å². The van der Waals surface area contributed by atoms with Crippen LogP contribution in [0.3, 0.4) is 0 Å². The number of nitrogens with one attached hydrogen (secondary N) is 1. The van der Waals surface area contributed by atoms with Crippen molar-refractivity contribution in [2.45, 2.75) is 70.6 Å². The molecule has 1 aliphatic heterocycles. The average molecular weight is 315 g/mol. The molecule has 3 heteroatoms. The van der Waals surface area contributed by atoms with Crippen molar-refractivity contribution in [3.8, 4) is 0 Å². The van der Waals surface area contributed by atoms with Gasteiger partial charge >= 0.3 is 0 Å². The van der Waals surface area contributed by atoms with Gasteiger partial charge in [-0.1, -0.05) is 75.3 Å². The Morgan fingerprint density at radius 3 is 2.04 bits per heavy atom. The van der Waals surface area contributed by atoms with E-state index in [-0.39, 0.29) is 17.7 Å². The molecule has 0 aliphatic carbocycles. The van der Waals surface area contributed by atoms with Crippen molar-refractivity contribution in [1.29, 1.82) is 0 Å². The molecule has 1 saturated heterocycles. The van der Waals surface area contributed by atoms with Crippen LogP contribution in [0, 0.1) is 5.92 Å². The molecule has 2 rings (SSSR count). The van der Waals surface area contributed by atoms with Gasteiger partial charge in [0.15, 0.2) is 0 Å². The van der Waals surface area contributed by atoms with E-state index in [9.17, 15) is 9.59 Å². The normalized spacial score (nSPS) is 17.5. The third-order valence-electron chi connectivity index (χ3n) is 4.68. The molecule has 0 aromatic heterocycles. The molecular formula is C20H29NO2. The first kappa shape index (κ1) is 17.7. The van der Waals surface area contributed by atoms with Crippen molar-refractivity contribution in [3.63, 3.8) is 0 Å². The number of hydrogen-bond acceptors (Lipinski definition) is 2. The van der Waals surface area contributed by atoms with Crippen molar-refractivity contribution in [2.75, 3.05) is 0 Å². The number of imide groups is 1. The zero-order valence-electron chi connectivity index (χ0n) is 14.1. The van der Waals surface area contributed by atoms with Crippen molar-refractivity contribution in [1.82, 2.24) is 5.32 Å². The molecule has 1 aromatic rings. The molecule has 1 aromatic carbocycles. The molecule has 0 saturated carbocycles. The summed E-state index contributed by atoms with van der Waals surface area (Å²) in [7, 11) is 0. The number of rotatable bonds is 11. The van der Waals surface area contributed by atoms with E-state index < -0.39 is 0 Å². The minimum absolute atomic E-state index is 0.0551. The van der Waals surface area contributed by atoms with Gasteiger partial charge in [0.05, 0.1) is 0 Å². The number of hydrogen-bond donors (Lipinski definition) is 1. The highest BCUT2D eigenvalue weighted by atomic mass is 16.2. The Hall–Kier alpha value is -1.64. The van der Waals surface area contributed by atoms with Crippen LogP contribution in [0.25, 0.3) is 0 Å². The van der Waals surface area contributed by atoms with Crippen LogP contribution in [0.1, 0.15) is 69.8 Å². The minimum atomic E-state index is -0.101. The standard InChI is InChI=1S/C20H29NO2/c22-19-16-18(20(23)21-19)15-11-6-4-2-1-3-5-8-12-17-13-9-7-10-14-17/h7,9-10,13-14,18H,1-6,8,11-12,15-16H2,(H,21,22,23). The summed E-state index contributed by atoms with van der Waals surface area (Å²) in [6.07, 6.45) is 12.5. The van der Waals surface area contributed by atoms with Crippen molar-refractivity contribution < 1.29 is 9.59 Å². The Balaban J connectivity index is 1.37. The van der Waals surface area contributed by atoms with E-state index in [1.165, 1.54) is 56.9 Å². The molecule has 1 heterocycles. The Morgan fingerprint density at radius 1 is 0.826 bits per heavy atom. The number of benzene rings is 1. The third-order valence-corrected chi connectivity index (χ3v) is 4.68. The van der Waals surface area contributed by atoms with Gasteiger partial charge < -0.3 is 0 Å². The molecule has 0 spiro atoms. The minimum Gasteiger partial charge on any atom is -0.296 e. The second-order valence-corrected chi connectivity index (χ2v) is 6.67. The maximum atomic E-state index is 11.4. The summed E-state index contributed by atoms with van der Waals surface area (Å²) >= 11 is 0. The van der Waals surface area contributed by atoms with Gasteiger partial charge in [0.1, 0.15) is 0 Å². The highest BCUT2D eigenvalue weighted by molar-refractivity contribution is 6.03. The lowest BCUT2D eigenvalue weighted by Crippen LogP contribution is -2.21. The lowest BCUT2D eigenvalue weighted by Gasteiger charge is -2.05. The van der Waals surface area contributed by atoms with Gasteiger partial charge in [-0.2, -0.15) is 0 Å². The van der Waals surface area contributed by atoms with E-state index in [4.69, 9.17) is 0 Å². The number of unbranched alkanes of at least 4 members (excludes halogenated alkanes) is 7. The molecule has 2 amide bonds. The zero-order chi connectivity index (χ0) is 16.3. The first-order chi connectivity index (χ1) is 11.3. The Bertz CT molecular complexity index is 484. The quantitative estimate of drug-likeness (QED) is 0.486. The number of carbonyl (C=O) groups is 2. The average Bonchev–Trinajstić information content (AvgIpc) is 2.88. The molecule has 0 radical (unpaired) electrons. The summed E-state index contributed by atoms with van der Waals surface area (Å²) in [5.74, 6) is -0.218. The zero-order valence-corrected chi connectivity index (χ0v) is 14.1. The van der Waals surface area contributed by atoms with E-state index in [1.54, 1.807) is 0 Å². The molecule has 0 bridgehead atoms. The molecule has 126 valence electrons. The molecule has 1 atom stereocenters. The molecular weight excluding hydrogens is 286 g/mol. The summed E-state index contributed by atoms with van der Waals surface area (Å²) in [5, 5.41) is 2.38. The second-order valence-electron chi connectivity index (χ2n) is 6.67. The highest BCUT2D eigenvalue weighted by Crippen LogP contribution is 2.19. The van der Waals surface area contributed by atoms with Crippen LogP contribution < -0.4 is 5.32 Å². The van der Waals surface area contributed by atoms with Crippen LogP contribution in [-0.2, 0) is 16.0 Å². The van der Waals surface area contributed by atoms with Gasteiger partial charge in [0.25, 0.3) is 0 Å². The van der Waals surface area contributed by atoms with Crippen molar-refractivity contribution >= 4 is 11.8 Å². The molecule has 1 fully saturated rings. The number of carbonyl (C=O) groups excluding carboxylic acids is 2. The second kappa shape index (κ2) is 10.2. The summed E-state index contributed by atoms with van der Waals surface area (Å²) in [6.45, 7) is 0. The van der Waals surface area contributed by atoms with Crippen LogP contribution in [0.5, 0.6) is 0 Å². The van der Waals surface area contributed by atoms with Gasteiger partial charge in [-0.3, -0.25) is 14.9 Å². The Kier molecular flexibility index (Phi) is 7.85. The lowest BCUT2D eigenvalue weighted by molar-refractivity contribution is -0.125. The third kappa shape index (κ3) is 6.98. The predicted octanol–water partition coefficient (Wildman–Crippen LogP) is 4.40. The molecule has 23 heavy (non-hydrogen) atoms. The van der Waals surface area contributed by atoms with Crippen LogP contribution in [-0.4, -0.2) is 11.8 Å². The summed E-state index contributed by atoms with van der Waals surface area (Å²) in [5.41, 5.74) is 1.45. The SMILES string of the molecule is O=C1CC(CCCCCCCCCCc2ccccc2)C(=O)N1. The smallest absolute Gasteiger partial charge is 0.230 e. The topological polar surface area (TPSA) is 46.2 Å². The molecule has 1 N–H and O–H groups in total. The van der Waals surface area contributed by atoms with Gasteiger partial charge in [-0.15, -0.1) is 0 Å². The predicted molar refractivity (Wildman–Crippen MR) is 93.0 cm³/mol. The van der Waals surface area contributed by atoms with Crippen LogP contribution in [0.4, 0.5) is 0 Å². The molecule has 1 unspecified atom stereocenters. The van der Waals surface area contributed by atoms with Crippen LogP contribution in [0.15, 0.2) is 30.3 Å². The van der Waals surface area contributed by atoms with E-state index >= 15 is 0 Å². The number of aryl methyl sites for hydroxylation is 1. The first-order valence-electron chi connectivity index (χ1n) is 9.13. The summed E-state index contributed by atoms with van der Waals surface area (Å²) < 4.78 is 0. The van der Waals surface area contributed by atoms with E-state index in [0.29, 0.717) is 6.42 Å². The highest BCUT2D eigenvalue weighted by Gasteiger charge is 2.29. The summed E-state index contributed by atoms with van der Waals surface area (Å²) in [6, 6.07) is 10.7. The lowest BCUT2D eigenvalue weighted by atomic mass is 9.98. The molecule has 1 aliphatic rings. The fourth-order valence-electron chi connectivity index (χ4n) is 3.27. The summed E-state index contributed by atoms with van der Waals surface area (Å²) in [4.78, 5) is 22.5. The van der Waals surface area contributed by atoms with Gasteiger partial charge in [0.2, 0.25) is 11.8 Å². The molecule has 3 nitrogen and oxygen atoms in total.